The molecule has 0 aliphatic carbocycles. The van der Waals surface area contributed by atoms with Crippen LogP contribution in [0.25, 0.3) is 0 Å². The summed E-state index contributed by atoms with van der Waals surface area (Å²) in [6, 6.07) is 5.61. The van der Waals surface area contributed by atoms with Crippen LogP contribution >= 0.6 is 0 Å². The van der Waals surface area contributed by atoms with E-state index in [0.29, 0.717) is 26.3 Å². The molecule has 1 aromatic carbocycles. The molecule has 1 fully saturated rings. The molecule has 0 amide bonds. The highest BCUT2D eigenvalue weighted by Crippen LogP contribution is 2.36. The lowest BCUT2D eigenvalue weighted by Gasteiger charge is -2.28. The van der Waals surface area contributed by atoms with Gasteiger partial charge in [-0.1, -0.05) is 12.1 Å². The van der Waals surface area contributed by atoms with Crippen LogP contribution in [0.5, 0.6) is 17.2 Å². The van der Waals surface area contributed by atoms with Gasteiger partial charge in [0, 0.05) is 13.1 Å². The first-order valence-corrected chi connectivity index (χ1v) is 6.91. The Labute approximate surface area is 129 Å². The zero-order valence-corrected chi connectivity index (χ0v) is 11.9. The maximum absolute atomic E-state index is 14.6. The van der Waals surface area contributed by atoms with Crippen molar-refractivity contribution < 1.29 is 27.8 Å². The quantitative estimate of drug-likeness (QED) is 0.879. The van der Waals surface area contributed by atoms with Crippen molar-refractivity contribution >= 4 is 5.82 Å². The van der Waals surface area contributed by atoms with Crippen LogP contribution in [0.3, 0.4) is 0 Å². The van der Waals surface area contributed by atoms with Crippen molar-refractivity contribution in [3.8, 4) is 17.2 Å². The van der Waals surface area contributed by atoms with Crippen molar-refractivity contribution in [3.05, 3.63) is 41.8 Å². The number of phenolic OH excluding ortho intramolecular Hbond substituents is 1. The normalized spacial score (nSPS) is 14.8. The third kappa shape index (κ3) is 3.02. The van der Waals surface area contributed by atoms with Crippen LogP contribution in [0.1, 0.15) is 0 Å². The summed E-state index contributed by atoms with van der Waals surface area (Å²) in [4.78, 5) is 4.78. The van der Waals surface area contributed by atoms with E-state index in [1.54, 1.807) is 0 Å². The number of ether oxygens (including phenoxy) is 2. The number of morpholine rings is 1. The maximum atomic E-state index is 14.6. The smallest absolute Gasteiger partial charge is 0.255 e. The Bertz CT molecular complexity index is 721. The lowest BCUT2D eigenvalue weighted by Crippen LogP contribution is -2.37. The molecule has 0 spiro atoms. The lowest BCUT2D eigenvalue weighted by atomic mass is 10.3. The number of aromatic nitrogens is 1. The van der Waals surface area contributed by atoms with Crippen molar-refractivity contribution in [2.24, 2.45) is 0 Å². The highest BCUT2D eigenvalue weighted by Gasteiger charge is 2.27. The molecular weight excluding hydrogens is 313 g/mol. The van der Waals surface area contributed by atoms with Crippen molar-refractivity contribution in [2.75, 3.05) is 31.2 Å². The molecule has 0 radical (unpaired) electrons. The number of hydrogen-bond donors (Lipinski definition) is 1. The van der Waals surface area contributed by atoms with Crippen LogP contribution in [0.2, 0.25) is 0 Å². The van der Waals surface area contributed by atoms with Gasteiger partial charge in [0.05, 0.1) is 13.2 Å². The molecule has 23 heavy (non-hydrogen) atoms. The predicted octanol–water partition coefficient (Wildman–Crippen LogP) is 2.83. The van der Waals surface area contributed by atoms with Gasteiger partial charge in [0.2, 0.25) is 17.4 Å². The van der Waals surface area contributed by atoms with E-state index in [2.05, 4.69) is 4.98 Å². The largest absolute Gasteiger partial charge is 0.504 e. The average molecular weight is 326 g/mol. The molecule has 1 aliphatic rings. The molecule has 0 saturated carbocycles. The number of rotatable bonds is 3. The van der Waals surface area contributed by atoms with Gasteiger partial charge in [-0.3, -0.25) is 0 Å². The van der Waals surface area contributed by atoms with Gasteiger partial charge in [-0.15, -0.1) is 0 Å². The Kier molecular flexibility index (Phi) is 4.24. The minimum atomic E-state index is -1.55. The summed E-state index contributed by atoms with van der Waals surface area (Å²) in [7, 11) is 0. The molecule has 2 heterocycles. The van der Waals surface area contributed by atoms with E-state index in [9.17, 15) is 18.3 Å². The zero-order valence-electron chi connectivity index (χ0n) is 11.9. The Hall–Kier alpha value is -2.48. The number of nitrogens with zero attached hydrogens (tertiary/aromatic N) is 2. The monoisotopic (exact) mass is 326 g/mol. The predicted molar refractivity (Wildman–Crippen MR) is 75.3 cm³/mol. The first kappa shape index (κ1) is 15.4. The first-order valence-electron chi connectivity index (χ1n) is 6.91. The third-order valence-electron chi connectivity index (χ3n) is 3.37. The molecule has 3 rings (SSSR count). The molecule has 1 N–H and O–H groups in total. The fourth-order valence-electron chi connectivity index (χ4n) is 2.21. The Morgan fingerprint density at radius 2 is 1.78 bits per heavy atom. The van der Waals surface area contributed by atoms with E-state index in [0.717, 1.165) is 0 Å². The summed E-state index contributed by atoms with van der Waals surface area (Å²) in [5.41, 5.74) is 0. The van der Waals surface area contributed by atoms with Gasteiger partial charge in [0.25, 0.3) is 5.95 Å². The SMILES string of the molecule is Oc1ccccc1Oc1c(F)c(F)nc(N2CCOCC2)c1F. The minimum Gasteiger partial charge on any atom is -0.504 e. The number of hydrogen-bond acceptors (Lipinski definition) is 5. The second-order valence-electron chi connectivity index (χ2n) is 4.85. The van der Waals surface area contributed by atoms with E-state index >= 15 is 0 Å². The van der Waals surface area contributed by atoms with Gasteiger partial charge in [0.15, 0.2) is 17.3 Å². The van der Waals surface area contributed by atoms with Crippen molar-refractivity contribution in [1.82, 2.24) is 4.98 Å². The summed E-state index contributed by atoms with van der Waals surface area (Å²) >= 11 is 0. The van der Waals surface area contributed by atoms with E-state index in [4.69, 9.17) is 9.47 Å². The van der Waals surface area contributed by atoms with Crippen LogP contribution < -0.4 is 9.64 Å². The maximum Gasteiger partial charge on any atom is 0.255 e. The molecule has 0 unspecified atom stereocenters. The van der Waals surface area contributed by atoms with Gasteiger partial charge >= 0.3 is 0 Å². The second-order valence-corrected chi connectivity index (χ2v) is 4.85. The number of halogens is 3. The number of pyridine rings is 1. The van der Waals surface area contributed by atoms with Crippen molar-refractivity contribution in [1.29, 1.82) is 0 Å². The second kappa shape index (κ2) is 6.33. The van der Waals surface area contributed by atoms with E-state index in [1.807, 2.05) is 0 Å². The van der Waals surface area contributed by atoms with Gasteiger partial charge in [-0.05, 0) is 12.1 Å². The molecular formula is C15H13F3N2O3. The fourth-order valence-corrected chi connectivity index (χ4v) is 2.21. The summed E-state index contributed by atoms with van der Waals surface area (Å²) in [6.45, 7) is 1.25. The number of phenols is 1. The van der Waals surface area contributed by atoms with Gasteiger partial charge in [-0.25, -0.2) is 0 Å². The molecule has 1 aliphatic heterocycles. The first-order chi connectivity index (χ1) is 11.1. The molecule has 122 valence electrons. The molecule has 0 atom stereocenters. The fraction of sp³-hybridized carbons (Fsp3) is 0.267. The summed E-state index contributed by atoms with van der Waals surface area (Å²) < 4.78 is 52.4. The number of anilines is 1. The van der Waals surface area contributed by atoms with Gasteiger partial charge < -0.3 is 19.5 Å². The van der Waals surface area contributed by atoms with Crippen LogP contribution in [-0.2, 0) is 4.74 Å². The summed E-state index contributed by atoms with van der Waals surface area (Å²) in [6.07, 6.45) is 0. The van der Waals surface area contributed by atoms with Crippen molar-refractivity contribution in [2.45, 2.75) is 0 Å². The van der Waals surface area contributed by atoms with Crippen molar-refractivity contribution in [3.63, 3.8) is 0 Å². The highest BCUT2D eigenvalue weighted by molar-refractivity contribution is 5.50. The summed E-state index contributed by atoms with van der Waals surface area (Å²) in [5.74, 6) is -5.96. The molecule has 1 saturated heterocycles. The van der Waals surface area contributed by atoms with Crippen LogP contribution in [0.4, 0.5) is 19.0 Å². The molecule has 0 bridgehead atoms. The molecule has 8 heteroatoms. The van der Waals surface area contributed by atoms with E-state index < -0.39 is 23.3 Å². The number of para-hydroxylation sites is 2. The standard InChI is InChI=1S/C15H13F3N2O3/c16-11-13(23-10-4-2-1-3-9(10)21)12(17)15(19-14(11)18)20-5-7-22-8-6-20/h1-4,21H,5-8H2. The van der Waals surface area contributed by atoms with E-state index in [-0.39, 0.29) is 17.3 Å². The van der Waals surface area contributed by atoms with Crippen LogP contribution in [0.15, 0.2) is 24.3 Å². The summed E-state index contributed by atoms with van der Waals surface area (Å²) in [5, 5.41) is 9.63. The van der Waals surface area contributed by atoms with Gasteiger partial charge in [0.1, 0.15) is 0 Å². The molecule has 1 aromatic heterocycles. The average Bonchev–Trinajstić information content (AvgIpc) is 2.57. The zero-order chi connectivity index (χ0) is 16.4. The number of benzene rings is 1. The Morgan fingerprint density at radius 3 is 2.48 bits per heavy atom. The van der Waals surface area contributed by atoms with Crippen LogP contribution in [0, 0.1) is 17.6 Å². The Balaban J connectivity index is 2.02. The highest BCUT2D eigenvalue weighted by atomic mass is 19.2. The topological polar surface area (TPSA) is 54.8 Å². The van der Waals surface area contributed by atoms with E-state index in [1.165, 1.54) is 29.2 Å². The molecule has 5 nitrogen and oxygen atoms in total. The minimum absolute atomic E-state index is 0.191. The number of aromatic hydroxyl groups is 1. The van der Waals surface area contributed by atoms with Gasteiger partial charge in [-0.2, -0.15) is 18.2 Å². The van der Waals surface area contributed by atoms with Crippen LogP contribution in [-0.4, -0.2) is 36.4 Å². The Morgan fingerprint density at radius 1 is 1.09 bits per heavy atom. The lowest BCUT2D eigenvalue weighted by molar-refractivity contribution is 0.122. The molecule has 2 aromatic rings. The third-order valence-corrected chi connectivity index (χ3v) is 3.37.